The van der Waals surface area contributed by atoms with Crippen LogP contribution in [-0.2, 0) is 19.1 Å². The van der Waals surface area contributed by atoms with Crippen molar-refractivity contribution in [2.24, 2.45) is 5.73 Å². The molecule has 0 saturated carbocycles. The van der Waals surface area contributed by atoms with Crippen LogP contribution in [0.25, 0.3) is 0 Å². The van der Waals surface area contributed by atoms with Gasteiger partial charge in [0.2, 0.25) is 11.8 Å². The minimum Gasteiger partial charge on any atom is -0.469 e. The van der Waals surface area contributed by atoms with Gasteiger partial charge in [0, 0.05) is 7.05 Å². The molecular weight excluding hydrogens is 176 g/mol. The minimum atomic E-state index is -0.679. The Kier molecular flexibility index (Phi) is 4.68. The van der Waals surface area contributed by atoms with Crippen LogP contribution in [0.3, 0.4) is 0 Å². The Labute approximate surface area is 75.6 Å². The monoisotopic (exact) mass is 188 g/mol. The van der Waals surface area contributed by atoms with E-state index in [1.54, 1.807) is 0 Å². The number of nitrogens with two attached hydrogens (primary N) is 1. The number of esters is 1. The lowest BCUT2D eigenvalue weighted by Crippen LogP contribution is -2.38. The number of hydrogen-bond donors (Lipinski definition) is 1. The highest BCUT2D eigenvalue weighted by atomic mass is 16.5. The first-order chi connectivity index (χ1) is 6.02. The van der Waals surface area contributed by atoms with E-state index in [2.05, 4.69) is 4.74 Å². The molecule has 0 aliphatic carbocycles. The van der Waals surface area contributed by atoms with Crippen LogP contribution in [0.1, 0.15) is 6.42 Å². The van der Waals surface area contributed by atoms with E-state index in [0.717, 1.165) is 4.90 Å². The van der Waals surface area contributed by atoms with Gasteiger partial charge in [-0.1, -0.05) is 0 Å². The molecule has 0 aromatic rings. The molecule has 6 heteroatoms. The zero-order chi connectivity index (χ0) is 10.4. The van der Waals surface area contributed by atoms with Crippen LogP contribution in [-0.4, -0.2) is 43.4 Å². The first kappa shape index (κ1) is 11.6. The van der Waals surface area contributed by atoms with Gasteiger partial charge in [-0.3, -0.25) is 19.3 Å². The Balaban J connectivity index is 4.11. The van der Waals surface area contributed by atoms with Crippen molar-refractivity contribution in [3.05, 3.63) is 0 Å². The van der Waals surface area contributed by atoms with Gasteiger partial charge in [-0.05, 0) is 0 Å². The van der Waals surface area contributed by atoms with Gasteiger partial charge in [0.15, 0.2) is 0 Å². The van der Waals surface area contributed by atoms with Gasteiger partial charge in [0.25, 0.3) is 0 Å². The standard InChI is InChI=1S/C7H12N2O4/c1-9(6(11)4-8)5(10)3-7(12)13-2/h3-4,8H2,1-2H3. The zero-order valence-corrected chi connectivity index (χ0v) is 7.57. The van der Waals surface area contributed by atoms with E-state index >= 15 is 0 Å². The molecule has 0 radical (unpaired) electrons. The van der Waals surface area contributed by atoms with Crippen molar-refractivity contribution in [3.63, 3.8) is 0 Å². The largest absolute Gasteiger partial charge is 0.469 e. The molecule has 0 unspecified atom stereocenters. The Bertz CT molecular complexity index is 227. The Morgan fingerprint density at radius 1 is 1.31 bits per heavy atom. The lowest BCUT2D eigenvalue weighted by atomic mass is 10.3. The number of carbonyl (C=O) groups excluding carboxylic acids is 3. The number of likely N-dealkylation sites (N-methyl/N-ethyl adjacent to an activating group) is 1. The molecule has 0 atom stereocenters. The smallest absolute Gasteiger partial charge is 0.315 e. The van der Waals surface area contributed by atoms with Gasteiger partial charge < -0.3 is 10.5 Å². The average molecular weight is 188 g/mol. The lowest BCUT2D eigenvalue weighted by molar-refractivity contribution is -0.149. The number of imide groups is 1. The molecule has 0 aliphatic rings. The van der Waals surface area contributed by atoms with Crippen LogP contribution in [0.2, 0.25) is 0 Å². The SMILES string of the molecule is COC(=O)CC(=O)N(C)C(=O)CN. The molecule has 0 spiro atoms. The number of hydrogen-bond acceptors (Lipinski definition) is 5. The normalized spacial score (nSPS) is 9.15. The predicted octanol–water partition coefficient (Wildman–Crippen LogP) is -1.51. The summed E-state index contributed by atoms with van der Waals surface area (Å²) < 4.78 is 4.26. The van der Waals surface area contributed by atoms with Crippen molar-refractivity contribution in [2.45, 2.75) is 6.42 Å². The van der Waals surface area contributed by atoms with Crippen molar-refractivity contribution >= 4 is 17.8 Å². The predicted molar refractivity (Wildman–Crippen MR) is 43.5 cm³/mol. The topological polar surface area (TPSA) is 89.7 Å². The van der Waals surface area contributed by atoms with Crippen molar-refractivity contribution in [1.82, 2.24) is 4.90 Å². The molecule has 0 saturated heterocycles. The van der Waals surface area contributed by atoms with Crippen LogP contribution in [0.4, 0.5) is 0 Å². The third-order valence-corrected chi connectivity index (χ3v) is 1.45. The second kappa shape index (κ2) is 5.26. The molecule has 2 amide bonds. The number of carbonyl (C=O) groups is 3. The highest BCUT2D eigenvalue weighted by Gasteiger charge is 2.18. The van der Waals surface area contributed by atoms with E-state index in [9.17, 15) is 14.4 Å². The second-order valence-electron chi connectivity index (χ2n) is 2.30. The Morgan fingerprint density at radius 2 is 1.85 bits per heavy atom. The summed E-state index contributed by atoms with van der Waals surface area (Å²) in [5.41, 5.74) is 5.01. The van der Waals surface area contributed by atoms with Gasteiger partial charge in [-0.25, -0.2) is 0 Å². The lowest BCUT2D eigenvalue weighted by Gasteiger charge is -2.12. The first-order valence-corrected chi connectivity index (χ1v) is 3.59. The molecule has 0 fully saturated rings. The summed E-state index contributed by atoms with van der Waals surface area (Å²) in [6, 6.07) is 0. The molecule has 0 bridgehead atoms. The highest BCUT2D eigenvalue weighted by molar-refractivity contribution is 6.02. The molecule has 0 rings (SSSR count). The average Bonchev–Trinajstić information content (AvgIpc) is 2.14. The quantitative estimate of drug-likeness (QED) is 0.429. The fourth-order valence-electron chi connectivity index (χ4n) is 0.590. The summed E-state index contributed by atoms with van der Waals surface area (Å²) in [6.45, 7) is -0.261. The number of ether oxygens (including phenoxy) is 1. The molecular formula is C7H12N2O4. The molecule has 0 aromatic heterocycles. The van der Waals surface area contributed by atoms with Gasteiger partial charge in [0.05, 0.1) is 13.7 Å². The molecule has 0 aliphatic heterocycles. The fraction of sp³-hybridized carbons (Fsp3) is 0.571. The number of nitrogens with zero attached hydrogens (tertiary/aromatic N) is 1. The highest BCUT2D eigenvalue weighted by Crippen LogP contribution is 1.92. The van der Waals surface area contributed by atoms with Crippen molar-refractivity contribution in [2.75, 3.05) is 20.7 Å². The molecule has 2 N–H and O–H groups in total. The van der Waals surface area contributed by atoms with Crippen molar-refractivity contribution in [3.8, 4) is 0 Å². The summed E-state index contributed by atoms with van der Waals surface area (Å²) in [5, 5.41) is 0. The van der Waals surface area contributed by atoms with Gasteiger partial charge in [0.1, 0.15) is 6.42 Å². The summed E-state index contributed by atoms with van der Waals surface area (Å²) >= 11 is 0. The molecule has 74 valence electrons. The van der Waals surface area contributed by atoms with E-state index in [4.69, 9.17) is 5.73 Å². The third kappa shape index (κ3) is 3.66. The Hall–Kier alpha value is -1.43. The first-order valence-electron chi connectivity index (χ1n) is 3.59. The maximum absolute atomic E-state index is 11.1. The zero-order valence-electron chi connectivity index (χ0n) is 7.57. The summed E-state index contributed by atoms with van der Waals surface area (Å²) in [4.78, 5) is 33.3. The number of amides is 2. The fourth-order valence-corrected chi connectivity index (χ4v) is 0.590. The molecule has 0 aromatic carbocycles. The summed E-state index contributed by atoms with van der Waals surface area (Å²) in [6.07, 6.45) is -0.446. The van der Waals surface area contributed by atoms with Crippen LogP contribution >= 0.6 is 0 Å². The van der Waals surface area contributed by atoms with Crippen LogP contribution in [0.5, 0.6) is 0 Å². The molecule has 13 heavy (non-hydrogen) atoms. The van der Waals surface area contributed by atoms with Crippen molar-refractivity contribution < 1.29 is 19.1 Å². The number of methoxy groups -OCH3 is 1. The van der Waals surface area contributed by atoms with Crippen LogP contribution < -0.4 is 5.73 Å². The third-order valence-electron chi connectivity index (χ3n) is 1.45. The second-order valence-corrected chi connectivity index (χ2v) is 2.30. The van der Waals surface area contributed by atoms with Gasteiger partial charge in [-0.2, -0.15) is 0 Å². The van der Waals surface area contributed by atoms with Crippen LogP contribution in [0.15, 0.2) is 0 Å². The molecule has 0 heterocycles. The minimum absolute atomic E-state index is 0.261. The van der Waals surface area contributed by atoms with E-state index in [-0.39, 0.29) is 6.54 Å². The van der Waals surface area contributed by atoms with E-state index < -0.39 is 24.2 Å². The number of rotatable bonds is 3. The van der Waals surface area contributed by atoms with E-state index in [1.807, 2.05) is 0 Å². The summed E-state index contributed by atoms with van der Waals surface area (Å²) in [5.74, 6) is -1.84. The van der Waals surface area contributed by atoms with Crippen LogP contribution in [0, 0.1) is 0 Å². The van der Waals surface area contributed by atoms with E-state index in [0.29, 0.717) is 0 Å². The van der Waals surface area contributed by atoms with E-state index in [1.165, 1.54) is 14.2 Å². The summed E-state index contributed by atoms with van der Waals surface area (Å²) in [7, 11) is 2.43. The molecule has 6 nitrogen and oxygen atoms in total. The van der Waals surface area contributed by atoms with Gasteiger partial charge >= 0.3 is 5.97 Å². The van der Waals surface area contributed by atoms with Crippen molar-refractivity contribution in [1.29, 1.82) is 0 Å². The maximum Gasteiger partial charge on any atom is 0.315 e. The maximum atomic E-state index is 11.1. The Morgan fingerprint density at radius 3 is 2.23 bits per heavy atom. The van der Waals surface area contributed by atoms with Gasteiger partial charge in [-0.15, -0.1) is 0 Å².